The van der Waals surface area contributed by atoms with Gasteiger partial charge >= 0.3 is 0 Å². The highest BCUT2D eigenvalue weighted by Gasteiger charge is 2.25. The molecule has 1 saturated heterocycles. The summed E-state index contributed by atoms with van der Waals surface area (Å²) < 4.78 is 29.3. The number of aryl methyl sites for hydroxylation is 2. The fourth-order valence-electron chi connectivity index (χ4n) is 3.84. The largest absolute Gasteiger partial charge is 0.370 e. The van der Waals surface area contributed by atoms with Gasteiger partial charge in [-0.25, -0.2) is 8.42 Å². The van der Waals surface area contributed by atoms with Gasteiger partial charge in [-0.15, -0.1) is 0 Å². The Bertz CT molecular complexity index is 1020. The van der Waals surface area contributed by atoms with Crippen LogP contribution in [0.3, 0.4) is 0 Å². The van der Waals surface area contributed by atoms with Crippen LogP contribution in [0.5, 0.6) is 0 Å². The van der Waals surface area contributed by atoms with Crippen LogP contribution in [0.2, 0.25) is 0 Å². The molecule has 168 valence electrons. The Balaban J connectivity index is 1.66. The summed E-state index contributed by atoms with van der Waals surface area (Å²) in [4.78, 5) is 7.44. The molecule has 1 unspecified atom stereocenters. The number of hydrogen-bond donors (Lipinski definition) is 1. The topological polar surface area (TPSA) is 71.0 Å². The van der Waals surface area contributed by atoms with E-state index in [2.05, 4.69) is 49.2 Å². The summed E-state index contributed by atoms with van der Waals surface area (Å²) in [6, 6.07) is 13.6. The summed E-state index contributed by atoms with van der Waals surface area (Å²) in [6.45, 7) is 9.97. The maximum Gasteiger partial charge on any atom is 0.194 e. The summed E-state index contributed by atoms with van der Waals surface area (Å²) in [6.07, 6.45) is 2.01. The molecule has 0 bridgehead atoms. The third-order valence-electron chi connectivity index (χ3n) is 5.49. The third-order valence-corrected chi connectivity index (χ3v) is 6.62. The summed E-state index contributed by atoms with van der Waals surface area (Å²) >= 11 is 0. The number of ether oxygens (including phenoxy) is 1. The van der Waals surface area contributed by atoms with E-state index in [-0.39, 0.29) is 6.10 Å². The number of nitrogens with one attached hydrogen (secondary N) is 1. The van der Waals surface area contributed by atoms with Gasteiger partial charge in [-0.05, 0) is 56.0 Å². The molecule has 2 aromatic rings. The lowest BCUT2D eigenvalue weighted by atomic mass is 10.00. The Hall–Kier alpha value is -2.38. The van der Waals surface area contributed by atoms with Gasteiger partial charge in [-0.2, -0.15) is 0 Å². The minimum Gasteiger partial charge on any atom is -0.370 e. The molecule has 6 nitrogen and oxygen atoms in total. The molecule has 0 aromatic heterocycles. The number of hydrogen-bond acceptors (Lipinski definition) is 4. The van der Waals surface area contributed by atoms with Crippen molar-refractivity contribution in [3.63, 3.8) is 0 Å². The van der Waals surface area contributed by atoms with Gasteiger partial charge in [-0.1, -0.05) is 35.9 Å². The summed E-state index contributed by atoms with van der Waals surface area (Å²) in [5.74, 6) is 0.897. The Morgan fingerprint density at radius 3 is 2.58 bits per heavy atom. The smallest absolute Gasteiger partial charge is 0.194 e. The molecular weight excluding hydrogens is 410 g/mol. The first-order valence-corrected chi connectivity index (χ1v) is 12.7. The number of sulfone groups is 1. The van der Waals surface area contributed by atoms with E-state index < -0.39 is 9.84 Å². The highest BCUT2D eigenvalue weighted by atomic mass is 32.2. The van der Waals surface area contributed by atoms with Crippen LogP contribution in [0.15, 0.2) is 52.4 Å². The van der Waals surface area contributed by atoms with E-state index in [1.165, 1.54) is 22.9 Å². The van der Waals surface area contributed by atoms with Crippen molar-refractivity contribution in [2.45, 2.75) is 38.2 Å². The molecule has 3 rings (SSSR count). The van der Waals surface area contributed by atoms with Crippen molar-refractivity contribution in [2.24, 2.45) is 4.99 Å². The number of rotatable bonds is 6. The van der Waals surface area contributed by atoms with Crippen molar-refractivity contribution in [3.05, 3.63) is 64.7 Å². The van der Waals surface area contributed by atoms with E-state index in [9.17, 15) is 8.42 Å². The van der Waals surface area contributed by atoms with E-state index in [1.807, 2.05) is 12.1 Å². The number of guanidine groups is 1. The Kier molecular flexibility index (Phi) is 7.73. The van der Waals surface area contributed by atoms with Gasteiger partial charge in [0.05, 0.1) is 18.0 Å². The van der Waals surface area contributed by atoms with Gasteiger partial charge in [0.2, 0.25) is 0 Å². The van der Waals surface area contributed by atoms with Crippen LogP contribution >= 0.6 is 0 Å². The van der Waals surface area contributed by atoms with Gasteiger partial charge in [0.25, 0.3) is 0 Å². The number of benzene rings is 2. The number of nitrogens with zero attached hydrogens (tertiary/aromatic N) is 2. The second kappa shape index (κ2) is 10.3. The fraction of sp³-hybridized carbons (Fsp3) is 0.458. The lowest BCUT2D eigenvalue weighted by molar-refractivity contribution is -0.00833. The first-order valence-electron chi connectivity index (χ1n) is 10.8. The molecule has 1 heterocycles. The predicted molar refractivity (Wildman–Crippen MR) is 125 cm³/mol. The Labute approximate surface area is 186 Å². The first kappa shape index (κ1) is 23.3. The molecule has 0 amide bonds. The molecule has 31 heavy (non-hydrogen) atoms. The molecular formula is C24H33N3O3S. The van der Waals surface area contributed by atoms with E-state index in [0.29, 0.717) is 18.0 Å². The second-order valence-corrected chi connectivity index (χ2v) is 10.1. The lowest BCUT2D eigenvalue weighted by Crippen LogP contribution is -2.48. The van der Waals surface area contributed by atoms with Crippen LogP contribution in [0.4, 0.5) is 0 Å². The van der Waals surface area contributed by atoms with Gasteiger partial charge in [-0.3, -0.25) is 4.99 Å². The average molecular weight is 444 g/mol. The monoisotopic (exact) mass is 443 g/mol. The molecule has 1 N–H and O–H groups in total. The molecule has 2 aromatic carbocycles. The molecule has 0 spiro atoms. The Morgan fingerprint density at radius 1 is 1.19 bits per heavy atom. The van der Waals surface area contributed by atoms with Crippen molar-refractivity contribution in [2.75, 3.05) is 39.0 Å². The zero-order valence-corrected chi connectivity index (χ0v) is 19.7. The van der Waals surface area contributed by atoms with Gasteiger partial charge in [0.1, 0.15) is 6.10 Å². The normalized spacial score (nSPS) is 17.6. The quantitative estimate of drug-likeness (QED) is 0.548. The average Bonchev–Trinajstić information content (AvgIpc) is 2.73. The van der Waals surface area contributed by atoms with Crippen LogP contribution in [0.1, 0.15) is 35.3 Å². The Morgan fingerprint density at radius 2 is 1.94 bits per heavy atom. The minimum absolute atomic E-state index is 0.0294. The lowest BCUT2D eigenvalue weighted by Gasteiger charge is -2.36. The predicted octanol–water partition coefficient (Wildman–Crippen LogP) is 3.29. The highest BCUT2D eigenvalue weighted by molar-refractivity contribution is 7.90. The van der Waals surface area contributed by atoms with Gasteiger partial charge in [0, 0.05) is 25.9 Å². The van der Waals surface area contributed by atoms with Crippen molar-refractivity contribution in [3.8, 4) is 0 Å². The molecule has 1 aliphatic rings. The molecule has 0 saturated carbocycles. The van der Waals surface area contributed by atoms with E-state index in [0.717, 1.165) is 37.6 Å². The maximum atomic E-state index is 11.6. The van der Waals surface area contributed by atoms with Crippen molar-refractivity contribution in [1.29, 1.82) is 0 Å². The van der Waals surface area contributed by atoms with E-state index in [1.54, 1.807) is 12.1 Å². The summed E-state index contributed by atoms with van der Waals surface area (Å²) in [5.41, 5.74) is 4.82. The van der Waals surface area contributed by atoms with Crippen LogP contribution in [-0.4, -0.2) is 58.3 Å². The third kappa shape index (κ3) is 6.31. The summed E-state index contributed by atoms with van der Waals surface area (Å²) in [7, 11) is -3.17. The minimum atomic E-state index is -3.17. The highest BCUT2D eigenvalue weighted by Crippen LogP contribution is 2.26. The number of aliphatic imine (C=N–C) groups is 1. The van der Waals surface area contributed by atoms with E-state index >= 15 is 0 Å². The molecule has 0 radical (unpaired) electrons. The number of morpholine rings is 1. The van der Waals surface area contributed by atoms with Crippen molar-refractivity contribution in [1.82, 2.24) is 10.2 Å². The van der Waals surface area contributed by atoms with Gasteiger partial charge < -0.3 is 15.0 Å². The SMILES string of the molecule is CCNC(=NCCc1ccc(S(C)(=O)=O)cc1)N1CCOC(c2ccc(C)cc2C)C1. The van der Waals surface area contributed by atoms with Crippen LogP contribution in [-0.2, 0) is 21.0 Å². The van der Waals surface area contributed by atoms with Crippen LogP contribution < -0.4 is 5.32 Å². The summed E-state index contributed by atoms with van der Waals surface area (Å²) in [5, 5.41) is 3.40. The first-order chi connectivity index (χ1) is 14.8. The standard InChI is InChI=1S/C24H33N3O3S/c1-5-25-24(26-13-12-20-7-9-21(10-8-20)31(4,28)29)27-14-15-30-23(17-27)22-11-6-18(2)16-19(22)3/h6-11,16,23H,5,12-15,17H2,1-4H3,(H,25,26). The molecule has 1 fully saturated rings. The van der Waals surface area contributed by atoms with Crippen LogP contribution in [0.25, 0.3) is 0 Å². The molecule has 7 heteroatoms. The van der Waals surface area contributed by atoms with Crippen molar-refractivity contribution >= 4 is 15.8 Å². The zero-order chi connectivity index (χ0) is 22.4. The fourth-order valence-corrected chi connectivity index (χ4v) is 4.47. The van der Waals surface area contributed by atoms with E-state index in [4.69, 9.17) is 9.73 Å². The zero-order valence-electron chi connectivity index (χ0n) is 18.9. The second-order valence-electron chi connectivity index (χ2n) is 8.07. The van der Waals surface area contributed by atoms with Gasteiger partial charge in [0.15, 0.2) is 15.8 Å². The molecule has 1 aliphatic heterocycles. The van der Waals surface area contributed by atoms with Crippen LogP contribution in [0, 0.1) is 13.8 Å². The molecule has 0 aliphatic carbocycles. The maximum absolute atomic E-state index is 11.6. The van der Waals surface area contributed by atoms with Crippen molar-refractivity contribution < 1.29 is 13.2 Å². The molecule has 1 atom stereocenters.